The van der Waals surface area contributed by atoms with E-state index in [4.69, 9.17) is 17.1 Å². The van der Waals surface area contributed by atoms with Crippen molar-refractivity contribution in [1.29, 1.82) is 0 Å². The lowest BCUT2D eigenvalue weighted by Gasteiger charge is -2.36. The zero-order valence-electron chi connectivity index (χ0n) is 19.8. The summed E-state index contributed by atoms with van der Waals surface area (Å²) in [6, 6.07) is -1.30. The minimum absolute atomic E-state index is 0.0556. The fourth-order valence-corrected chi connectivity index (χ4v) is 16.9. The first-order valence-electron chi connectivity index (χ1n) is 10.7. The smallest absolute Gasteiger partial charge is 0.458 e. The van der Waals surface area contributed by atoms with Gasteiger partial charge in [0.2, 0.25) is 0 Å². The Hall–Kier alpha value is -0.672. The largest absolute Gasteiger partial charge is 0.508 e. The predicted octanol–water partition coefficient (Wildman–Crippen LogP) is 5.55. The van der Waals surface area contributed by atoms with Gasteiger partial charge in [0.1, 0.15) is 0 Å². The summed E-state index contributed by atoms with van der Waals surface area (Å²) in [6.07, 6.45) is -17.8. The van der Waals surface area contributed by atoms with E-state index >= 15 is 0 Å². The van der Waals surface area contributed by atoms with Gasteiger partial charge in [-0.15, -0.1) is 0 Å². The van der Waals surface area contributed by atoms with Gasteiger partial charge in [0.25, 0.3) is 0 Å². The summed E-state index contributed by atoms with van der Waals surface area (Å²) in [6.45, 7) is 8.82. The van der Waals surface area contributed by atoms with Crippen LogP contribution in [-0.4, -0.2) is 66.7 Å². The van der Waals surface area contributed by atoms with Crippen molar-refractivity contribution in [3.63, 3.8) is 0 Å². The van der Waals surface area contributed by atoms with Crippen molar-refractivity contribution in [2.24, 2.45) is 0 Å². The molecule has 0 aromatic rings. The first-order valence-corrected chi connectivity index (χ1v) is 20.0. The van der Waals surface area contributed by atoms with Gasteiger partial charge in [0.15, 0.2) is 33.4 Å². The van der Waals surface area contributed by atoms with Crippen molar-refractivity contribution in [3.05, 3.63) is 12.2 Å². The molecule has 0 heterocycles. The minimum atomic E-state index is -4.49. The molecule has 18 heteroatoms. The van der Waals surface area contributed by atoms with E-state index in [0.717, 1.165) is 0 Å². The topological polar surface area (TPSA) is 54.0 Å². The van der Waals surface area contributed by atoms with E-state index in [1.54, 1.807) is 0 Å². The third-order valence-electron chi connectivity index (χ3n) is 4.37. The number of carbonyl (C=O) groups is 1. The molecular formula is C17H31F9O5Si4. The lowest BCUT2D eigenvalue weighted by molar-refractivity contribution is -0.138. The van der Waals surface area contributed by atoms with Crippen molar-refractivity contribution in [3.8, 4) is 0 Å². The molecule has 0 aromatic heterocycles. The second kappa shape index (κ2) is 14.3. The Labute approximate surface area is 204 Å². The fourth-order valence-electron chi connectivity index (χ4n) is 2.66. The first-order chi connectivity index (χ1) is 15.6. The zero-order valence-corrected chi connectivity index (χ0v) is 24.3. The van der Waals surface area contributed by atoms with Gasteiger partial charge in [-0.2, -0.15) is 39.5 Å². The molecule has 0 saturated heterocycles. The van der Waals surface area contributed by atoms with Crippen LogP contribution < -0.4 is 0 Å². The van der Waals surface area contributed by atoms with Gasteiger partial charge in [-0.1, -0.05) is 6.58 Å². The van der Waals surface area contributed by atoms with E-state index in [-0.39, 0.29) is 5.57 Å². The molecular weight excluding hydrogens is 568 g/mol. The highest BCUT2D eigenvalue weighted by Crippen LogP contribution is 2.29. The van der Waals surface area contributed by atoms with Crippen molar-refractivity contribution in [2.75, 3.05) is 6.23 Å². The van der Waals surface area contributed by atoms with Crippen LogP contribution in [0.5, 0.6) is 0 Å². The SMILES string of the molecule is C=C(C)C(=O)OC[Si](O[SiH](C)CCC(F)(F)F)(O[SiH](C)CCC(F)(F)F)O[SiH](C)CCC(F)(F)F. The summed E-state index contributed by atoms with van der Waals surface area (Å²) in [7, 11) is -12.6. The molecule has 0 bridgehead atoms. The van der Waals surface area contributed by atoms with Gasteiger partial charge in [-0.25, -0.2) is 4.79 Å². The first kappa shape index (κ1) is 34.3. The van der Waals surface area contributed by atoms with Crippen molar-refractivity contribution < 1.29 is 61.4 Å². The van der Waals surface area contributed by atoms with Crippen molar-refractivity contribution in [1.82, 2.24) is 0 Å². The number of carbonyl (C=O) groups excluding carboxylic acids is 1. The van der Waals surface area contributed by atoms with Crippen LogP contribution in [0.3, 0.4) is 0 Å². The molecule has 0 fully saturated rings. The number of esters is 1. The number of rotatable bonds is 15. The zero-order chi connectivity index (χ0) is 27.7. The van der Waals surface area contributed by atoms with Gasteiger partial charge < -0.3 is 17.1 Å². The average molecular weight is 599 g/mol. The molecule has 0 aliphatic heterocycles. The summed E-state index contributed by atoms with van der Waals surface area (Å²) in [4.78, 5) is 11.9. The molecule has 208 valence electrons. The van der Waals surface area contributed by atoms with E-state index in [1.165, 1.54) is 26.6 Å². The molecule has 0 rings (SSSR count). The minimum Gasteiger partial charge on any atom is -0.458 e. The molecule has 0 saturated carbocycles. The second-order valence-corrected chi connectivity index (χ2v) is 19.4. The van der Waals surface area contributed by atoms with Crippen LogP contribution in [0.4, 0.5) is 39.5 Å². The monoisotopic (exact) mass is 598 g/mol. The van der Waals surface area contributed by atoms with Crippen LogP contribution in [0.1, 0.15) is 26.2 Å². The van der Waals surface area contributed by atoms with Crippen molar-refractivity contribution >= 4 is 41.9 Å². The van der Waals surface area contributed by atoms with Gasteiger partial charge in [-0.3, -0.25) is 0 Å². The van der Waals surface area contributed by atoms with Crippen molar-refractivity contribution in [2.45, 2.75) is 82.5 Å². The van der Waals surface area contributed by atoms with Crippen LogP contribution in [0.25, 0.3) is 0 Å². The molecule has 3 unspecified atom stereocenters. The average Bonchev–Trinajstić information content (AvgIpc) is 2.65. The van der Waals surface area contributed by atoms with Gasteiger partial charge in [0, 0.05) is 24.8 Å². The maximum Gasteiger partial charge on any atom is 0.508 e. The second-order valence-electron chi connectivity index (χ2n) is 8.29. The number of hydrogen-bond acceptors (Lipinski definition) is 5. The summed E-state index contributed by atoms with van der Waals surface area (Å²) in [5.74, 6) is -0.934. The number of halogens is 9. The van der Waals surface area contributed by atoms with E-state index in [2.05, 4.69) is 6.58 Å². The van der Waals surface area contributed by atoms with Gasteiger partial charge >= 0.3 is 33.3 Å². The summed E-state index contributed by atoms with van der Waals surface area (Å²) < 4.78 is 137. The Morgan fingerprint density at radius 1 is 0.714 bits per heavy atom. The molecule has 3 atom stereocenters. The third-order valence-corrected chi connectivity index (χ3v) is 17.3. The number of hydrogen-bond donors (Lipinski definition) is 0. The summed E-state index contributed by atoms with van der Waals surface area (Å²) in [5, 5.41) is 0. The van der Waals surface area contributed by atoms with Crippen LogP contribution in [-0.2, 0) is 21.9 Å². The Morgan fingerprint density at radius 2 is 1.00 bits per heavy atom. The fraction of sp³-hybridized carbons (Fsp3) is 0.824. The predicted molar refractivity (Wildman–Crippen MR) is 120 cm³/mol. The third kappa shape index (κ3) is 18.3. The molecule has 0 radical (unpaired) electrons. The molecule has 0 amide bonds. The number of ether oxygens (including phenoxy) is 1. The molecule has 5 nitrogen and oxygen atoms in total. The van der Waals surface area contributed by atoms with Gasteiger partial charge in [-0.05, 0) is 44.7 Å². The lowest BCUT2D eigenvalue weighted by atomic mass is 10.4. The lowest BCUT2D eigenvalue weighted by Crippen LogP contribution is -2.58. The standard InChI is InChI=1S/C17H31F9O5Si4/c1-13(2)14(27)28-12-35(29-32(3)9-6-15(18,19)20,30-33(4)10-7-16(21,22)23)31-34(5)11-8-17(24,25)26/h32-34H,1,6-12H2,2-5H3. The maximum atomic E-state index is 12.7. The van der Waals surface area contributed by atoms with Crippen LogP contribution in [0, 0.1) is 0 Å². The molecule has 0 aliphatic carbocycles. The molecule has 35 heavy (non-hydrogen) atoms. The highest BCUT2D eigenvalue weighted by molar-refractivity contribution is 6.80. The highest BCUT2D eigenvalue weighted by Gasteiger charge is 2.48. The van der Waals surface area contributed by atoms with E-state index in [0.29, 0.717) is 0 Å². The quantitative estimate of drug-likeness (QED) is 0.107. The highest BCUT2D eigenvalue weighted by atomic mass is 28.5. The maximum absolute atomic E-state index is 12.7. The van der Waals surface area contributed by atoms with Crippen LogP contribution >= 0.6 is 0 Å². The normalized spacial score (nSPS) is 17.4. The van der Waals surface area contributed by atoms with Crippen LogP contribution in [0.15, 0.2) is 12.2 Å². The molecule has 0 aliphatic rings. The Balaban J connectivity index is 5.89. The van der Waals surface area contributed by atoms with E-state index in [1.807, 2.05) is 0 Å². The van der Waals surface area contributed by atoms with E-state index in [9.17, 15) is 44.3 Å². The Morgan fingerprint density at radius 3 is 1.23 bits per heavy atom. The Kier molecular flexibility index (Phi) is 14.0. The molecule has 0 N–H and O–H groups in total. The molecule has 0 spiro atoms. The summed E-state index contributed by atoms with van der Waals surface area (Å²) in [5.41, 5.74) is -0.0556. The van der Waals surface area contributed by atoms with E-state index < -0.39 is 104 Å². The van der Waals surface area contributed by atoms with Crippen LogP contribution in [0.2, 0.25) is 37.8 Å². The number of alkyl halides is 9. The summed E-state index contributed by atoms with van der Waals surface area (Å²) >= 11 is 0. The Bertz CT molecular complexity index is 609. The van der Waals surface area contributed by atoms with Gasteiger partial charge in [0.05, 0.1) is 0 Å². The molecule has 0 aromatic carbocycles.